The van der Waals surface area contributed by atoms with Gasteiger partial charge in [-0.05, 0) is 58.4 Å². The van der Waals surface area contributed by atoms with Crippen molar-refractivity contribution in [2.45, 2.75) is 99.3 Å². The first kappa shape index (κ1) is 37.8. The molecule has 0 heterocycles. The van der Waals surface area contributed by atoms with E-state index in [-0.39, 0.29) is 18.3 Å². The quantitative estimate of drug-likeness (QED) is 0.184. The minimum atomic E-state index is 0. The van der Waals surface area contributed by atoms with Crippen LogP contribution < -0.4 is 0 Å². The number of hydrogen-bond acceptors (Lipinski definition) is 0. The Morgan fingerprint density at radius 2 is 1.43 bits per heavy atom. The van der Waals surface area contributed by atoms with Crippen LogP contribution in [0.1, 0.15) is 115 Å². The third-order valence-electron chi connectivity index (χ3n) is 9.34. The molecule has 0 amide bonds. The van der Waals surface area contributed by atoms with Crippen LogP contribution in [0, 0.1) is 37.0 Å². The van der Waals surface area contributed by atoms with Gasteiger partial charge in [0.15, 0.2) is 0 Å². The normalized spacial score (nSPS) is 18.3. The maximum atomic E-state index is 3.65. The van der Waals surface area contributed by atoms with Crippen LogP contribution in [-0.2, 0) is 41.5 Å². The fraction of sp³-hybridized carbons (Fsp3) is 0.378. The van der Waals surface area contributed by atoms with Gasteiger partial charge in [-0.2, -0.15) is 53.6 Å². The second-order valence-electron chi connectivity index (χ2n) is 14.9. The topological polar surface area (TPSA) is 0 Å². The molecular weight excluding hydrogens is 632 g/mol. The number of benzene rings is 3. The Balaban J connectivity index is 0.000000229. The molecule has 4 aliphatic carbocycles. The summed E-state index contributed by atoms with van der Waals surface area (Å²) in [5.74, 6) is 0.587. The molecule has 1 heteroatoms. The SMILES string of the molecule is CC1=[C-]C(C)(C)c2cc3c(cc21)-c1cc2c(cc1C3)C(C)(C)C=C2C.CCCC1[C-]=CC(C(C)(C)C)=C1.[CH2]=[Zr].[CH3-].[c-]1ccccc1. The Bertz CT molecular complexity index is 1540. The molecule has 0 aliphatic heterocycles. The summed E-state index contributed by atoms with van der Waals surface area (Å²) >= 11 is 1.30. The van der Waals surface area contributed by atoms with Crippen LogP contribution in [0.2, 0.25) is 0 Å². The first-order valence-corrected chi connectivity index (χ1v) is 18.2. The van der Waals surface area contributed by atoms with E-state index in [9.17, 15) is 0 Å². The van der Waals surface area contributed by atoms with Crippen molar-refractivity contribution in [2.24, 2.45) is 11.3 Å². The standard InChI is InChI=1S/C25H25.C12H19.C6H5.CH3.CH2.Zr/c1-14-12-24(3,4)22-8-16-7-17-9-23-19(15(2)13-25(23,5)6)11-21(17)20(16)10-18(14)22;1-5-6-10-7-8-11(9-10)12(2,3)4;1-2-4-6-5-3-1;;;/h8-12H,7H2,1-6H3;8-10H,5-6H2,1-4H3;1-5H;1H3;1H2;/q4*-1;;. The molecule has 0 spiro atoms. The Labute approximate surface area is 297 Å². The zero-order valence-electron chi connectivity index (χ0n) is 30.3. The molecule has 0 fully saturated rings. The summed E-state index contributed by atoms with van der Waals surface area (Å²) in [6, 6.07) is 22.3. The molecule has 0 aromatic heterocycles. The van der Waals surface area contributed by atoms with Crippen molar-refractivity contribution >= 4 is 15.4 Å². The molecule has 46 heavy (non-hydrogen) atoms. The molecule has 3 aromatic rings. The molecule has 0 radical (unpaired) electrons. The van der Waals surface area contributed by atoms with Crippen molar-refractivity contribution in [2.75, 3.05) is 0 Å². The first-order chi connectivity index (χ1) is 21.2. The predicted octanol–water partition coefficient (Wildman–Crippen LogP) is 12.1. The number of fused-ring (bicyclic) bond motifs is 5. The fourth-order valence-electron chi connectivity index (χ4n) is 7.07. The number of hydrogen-bond donors (Lipinski definition) is 0. The van der Waals surface area contributed by atoms with Gasteiger partial charge in [-0.3, -0.25) is 12.2 Å². The van der Waals surface area contributed by atoms with Gasteiger partial charge in [0.1, 0.15) is 0 Å². The van der Waals surface area contributed by atoms with E-state index in [0.29, 0.717) is 11.3 Å². The Morgan fingerprint density at radius 3 is 1.93 bits per heavy atom. The van der Waals surface area contributed by atoms with Crippen molar-refractivity contribution < 1.29 is 24.2 Å². The van der Waals surface area contributed by atoms with Crippen LogP contribution in [0.3, 0.4) is 0 Å². The van der Waals surface area contributed by atoms with E-state index in [1.807, 2.05) is 30.3 Å². The smallest absolute Gasteiger partial charge is 0.171 e. The second-order valence-corrected chi connectivity index (χ2v) is 14.9. The van der Waals surface area contributed by atoms with Crippen LogP contribution in [0.15, 0.2) is 78.4 Å². The van der Waals surface area contributed by atoms with E-state index in [1.165, 1.54) is 98.3 Å². The monoisotopic (exact) mass is 684 g/mol. The van der Waals surface area contributed by atoms with Crippen LogP contribution in [-0.4, -0.2) is 4.21 Å². The third-order valence-corrected chi connectivity index (χ3v) is 9.34. The molecule has 3 aromatic carbocycles. The summed E-state index contributed by atoms with van der Waals surface area (Å²) in [6.45, 7) is 22.7. The summed E-state index contributed by atoms with van der Waals surface area (Å²) in [4.78, 5) is 0. The predicted molar refractivity (Wildman–Crippen MR) is 199 cm³/mol. The summed E-state index contributed by atoms with van der Waals surface area (Å²) in [6.07, 6.45) is 17.6. The van der Waals surface area contributed by atoms with Gasteiger partial charge in [0.2, 0.25) is 0 Å². The largest absolute Gasteiger partial charge is 0.358 e. The van der Waals surface area contributed by atoms with Crippen LogP contribution in [0.4, 0.5) is 0 Å². The minimum absolute atomic E-state index is 0. The van der Waals surface area contributed by atoms with Crippen LogP contribution in [0.25, 0.3) is 22.3 Å². The van der Waals surface area contributed by atoms with Gasteiger partial charge >= 0.3 is 28.4 Å². The van der Waals surface area contributed by atoms with E-state index in [2.05, 4.69) is 134 Å². The Hall–Kier alpha value is -2.63. The Kier molecular flexibility index (Phi) is 12.4. The average Bonchev–Trinajstić information content (AvgIpc) is 3.72. The molecule has 0 saturated heterocycles. The van der Waals surface area contributed by atoms with Crippen molar-refractivity contribution in [1.29, 1.82) is 0 Å². The van der Waals surface area contributed by atoms with E-state index >= 15 is 0 Å². The molecular formula is C45H54Zr-4. The summed E-state index contributed by atoms with van der Waals surface area (Å²) in [7, 11) is 0. The maximum absolute atomic E-state index is 3.65. The molecule has 4 aliphatic rings. The molecule has 0 saturated carbocycles. The van der Waals surface area contributed by atoms with Gasteiger partial charge in [-0.1, -0.05) is 110 Å². The number of allylic oxidation sites excluding steroid dienone is 8. The van der Waals surface area contributed by atoms with Gasteiger partial charge in [0.25, 0.3) is 0 Å². The third kappa shape index (κ3) is 8.08. The van der Waals surface area contributed by atoms with Gasteiger partial charge < -0.3 is 7.43 Å². The van der Waals surface area contributed by atoms with E-state index in [1.54, 1.807) is 0 Å². The average molecular weight is 686 g/mol. The molecule has 7 rings (SSSR count). The zero-order valence-corrected chi connectivity index (χ0v) is 32.8. The van der Waals surface area contributed by atoms with Gasteiger partial charge in [0, 0.05) is 5.41 Å². The summed E-state index contributed by atoms with van der Waals surface area (Å²) in [5.41, 5.74) is 16.3. The second kappa shape index (κ2) is 15.1. The van der Waals surface area contributed by atoms with Crippen molar-refractivity contribution in [1.82, 2.24) is 0 Å². The molecule has 1 atom stereocenters. The zero-order chi connectivity index (χ0) is 33.2. The minimum Gasteiger partial charge on any atom is -0.358 e. The fourth-order valence-corrected chi connectivity index (χ4v) is 7.07. The van der Waals surface area contributed by atoms with Gasteiger partial charge in [0.05, 0.1) is 0 Å². The summed E-state index contributed by atoms with van der Waals surface area (Å²) < 4.78 is 3.34. The molecule has 242 valence electrons. The molecule has 0 nitrogen and oxygen atoms in total. The van der Waals surface area contributed by atoms with Crippen molar-refractivity contribution in [3.05, 3.63) is 137 Å². The molecule has 0 N–H and O–H groups in total. The van der Waals surface area contributed by atoms with E-state index in [0.717, 1.165) is 6.42 Å². The van der Waals surface area contributed by atoms with E-state index in [4.69, 9.17) is 0 Å². The van der Waals surface area contributed by atoms with Gasteiger partial charge in [-0.15, -0.1) is 11.6 Å². The van der Waals surface area contributed by atoms with E-state index < -0.39 is 0 Å². The van der Waals surface area contributed by atoms with Crippen molar-refractivity contribution in [3.8, 4) is 11.1 Å². The van der Waals surface area contributed by atoms with Gasteiger partial charge in [-0.25, -0.2) is 11.6 Å². The van der Waals surface area contributed by atoms with Crippen molar-refractivity contribution in [3.63, 3.8) is 0 Å². The molecule has 0 bridgehead atoms. The first-order valence-electron chi connectivity index (χ1n) is 16.5. The maximum Gasteiger partial charge on any atom is -0.171 e. The van der Waals surface area contributed by atoms with Crippen LogP contribution >= 0.6 is 0 Å². The molecule has 1 unspecified atom stereocenters. The Morgan fingerprint density at radius 1 is 0.848 bits per heavy atom. The number of rotatable bonds is 2. The summed E-state index contributed by atoms with van der Waals surface area (Å²) in [5, 5.41) is 0. The van der Waals surface area contributed by atoms with Crippen LogP contribution in [0.5, 0.6) is 0 Å².